The summed E-state index contributed by atoms with van der Waals surface area (Å²) in [6, 6.07) is 6.85. The molecule has 1 aromatic rings. The average Bonchev–Trinajstić information content (AvgIpc) is 3.29. The number of fused-ring (bicyclic) bond motifs is 1. The highest BCUT2D eigenvalue weighted by Gasteiger charge is 2.34. The summed E-state index contributed by atoms with van der Waals surface area (Å²) in [5.41, 5.74) is 0.936. The topological polar surface area (TPSA) is 68.4 Å². The van der Waals surface area contributed by atoms with Gasteiger partial charge in [-0.05, 0) is 12.1 Å². The summed E-state index contributed by atoms with van der Waals surface area (Å²) in [4.78, 5) is 25.4. The van der Waals surface area contributed by atoms with E-state index >= 15 is 0 Å². The van der Waals surface area contributed by atoms with Crippen LogP contribution in [0, 0.1) is 0 Å². The monoisotopic (exact) mass is 291 g/mol. The van der Waals surface area contributed by atoms with Crippen molar-refractivity contribution in [1.29, 1.82) is 0 Å². The van der Waals surface area contributed by atoms with Gasteiger partial charge < -0.3 is 14.2 Å². The molecule has 1 unspecified atom stereocenters. The molecule has 0 N–H and O–H groups in total. The molecule has 1 aromatic carbocycles. The molecule has 0 bridgehead atoms. The van der Waals surface area contributed by atoms with E-state index in [-0.39, 0.29) is 24.5 Å². The lowest BCUT2D eigenvalue weighted by Gasteiger charge is -2.13. The normalized spacial score (nSPS) is 20.0. The van der Waals surface area contributed by atoms with E-state index in [2.05, 4.69) is 0 Å². The zero-order valence-electron chi connectivity index (χ0n) is 11.6. The third-order valence-electron chi connectivity index (χ3n) is 3.42. The maximum atomic E-state index is 12.1. The van der Waals surface area contributed by atoms with Crippen LogP contribution in [-0.4, -0.2) is 62.4 Å². The SMILES string of the molecule is O=C1c2ccccc2C(=O)N1CCOCCOCC1CO1. The number of imide groups is 1. The molecule has 6 heteroatoms. The molecule has 1 atom stereocenters. The van der Waals surface area contributed by atoms with E-state index in [4.69, 9.17) is 14.2 Å². The van der Waals surface area contributed by atoms with Gasteiger partial charge in [-0.3, -0.25) is 14.5 Å². The molecular weight excluding hydrogens is 274 g/mol. The molecule has 0 radical (unpaired) electrons. The standard InChI is InChI=1S/C15H17NO5/c17-14-12-3-1-2-4-13(12)15(18)16(14)5-6-19-7-8-20-9-11-10-21-11/h1-4,11H,5-10H2. The quantitative estimate of drug-likeness (QED) is 0.401. The number of benzene rings is 1. The fourth-order valence-electron chi connectivity index (χ4n) is 2.20. The number of nitrogens with zero attached hydrogens (tertiary/aromatic N) is 1. The molecule has 2 amide bonds. The van der Waals surface area contributed by atoms with Gasteiger partial charge >= 0.3 is 0 Å². The number of ether oxygens (including phenoxy) is 3. The summed E-state index contributed by atoms with van der Waals surface area (Å²) >= 11 is 0. The van der Waals surface area contributed by atoms with Crippen molar-refractivity contribution >= 4 is 11.8 Å². The van der Waals surface area contributed by atoms with Crippen LogP contribution in [0.2, 0.25) is 0 Å². The molecule has 2 heterocycles. The Morgan fingerprint density at radius 3 is 2.29 bits per heavy atom. The maximum Gasteiger partial charge on any atom is 0.261 e. The third-order valence-corrected chi connectivity index (χ3v) is 3.42. The lowest BCUT2D eigenvalue weighted by atomic mass is 10.1. The van der Waals surface area contributed by atoms with Gasteiger partial charge in [0.25, 0.3) is 11.8 Å². The van der Waals surface area contributed by atoms with Crippen molar-refractivity contribution in [2.24, 2.45) is 0 Å². The van der Waals surface area contributed by atoms with E-state index in [1.807, 2.05) is 0 Å². The van der Waals surface area contributed by atoms with Crippen molar-refractivity contribution in [3.63, 3.8) is 0 Å². The molecule has 2 aliphatic heterocycles. The van der Waals surface area contributed by atoms with Crippen LogP contribution >= 0.6 is 0 Å². The van der Waals surface area contributed by atoms with Gasteiger partial charge in [0.15, 0.2) is 0 Å². The van der Waals surface area contributed by atoms with Crippen molar-refractivity contribution in [3.8, 4) is 0 Å². The number of amides is 2. The maximum absolute atomic E-state index is 12.1. The van der Waals surface area contributed by atoms with Crippen molar-refractivity contribution in [1.82, 2.24) is 4.90 Å². The van der Waals surface area contributed by atoms with Gasteiger partial charge in [0.05, 0.1) is 50.7 Å². The van der Waals surface area contributed by atoms with E-state index in [0.717, 1.165) is 6.61 Å². The van der Waals surface area contributed by atoms with Gasteiger partial charge in [0, 0.05) is 0 Å². The van der Waals surface area contributed by atoms with Gasteiger partial charge in [-0.15, -0.1) is 0 Å². The summed E-state index contributed by atoms with van der Waals surface area (Å²) in [6.45, 7) is 2.88. The van der Waals surface area contributed by atoms with E-state index in [1.54, 1.807) is 24.3 Å². The number of rotatable bonds is 8. The number of carbonyl (C=O) groups is 2. The molecule has 1 saturated heterocycles. The molecule has 3 rings (SSSR count). The smallest absolute Gasteiger partial charge is 0.261 e. The summed E-state index contributed by atoms with van der Waals surface area (Å²) < 4.78 is 15.7. The van der Waals surface area contributed by atoms with E-state index in [0.29, 0.717) is 37.6 Å². The van der Waals surface area contributed by atoms with Crippen LogP contribution in [0.5, 0.6) is 0 Å². The highest BCUT2D eigenvalue weighted by Crippen LogP contribution is 2.21. The predicted molar refractivity (Wildman–Crippen MR) is 73.2 cm³/mol. The lowest BCUT2D eigenvalue weighted by molar-refractivity contribution is 0.0318. The van der Waals surface area contributed by atoms with Crippen LogP contribution in [0.3, 0.4) is 0 Å². The van der Waals surface area contributed by atoms with Crippen LogP contribution in [0.25, 0.3) is 0 Å². The number of hydrogen-bond donors (Lipinski definition) is 0. The second-order valence-electron chi connectivity index (χ2n) is 4.95. The Kier molecular flexibility index (Phi) is 4.28. The molecular formula is C15H17NO5. The van der Waals surface area contributed by atoms with Gasteiger partial charge in [-0.25, -0.2) is 0 Å². The third kappa shape index (κ3) is 3.29. The Bertz CT molecular complexity index is 506. The van der Waals surface area contributed by atoms with Crippen LogP contribution in [0.4, 0.5) is 0 Å². The first-order valence-corrected chi connectivity index (χ1v) is 6.99. The molecule has 6 nitrogen and oxygen atoms in total. The summed E-state index contributed by atoms with van der Waals surface area (Å²) in [7, 11) is 0. The van der Waals surface area contributed by atoms with Crippen LogP contribution in [0.1, 0.15) is 20.7 Å². The van der Waals surface area contributed by atoms with Gasteiger partial charge in [-0.2, -0.15) is 0 Å². The van der Waals surface area contributed by atoms with Crippen LogP contribution in [-0.2, 0) is 14.2 Å². The second-order valence-corrected chi connectivity index (χ2v) is 4.95. The zero-order valence-corrected chi connectivity index (χ0v) is 11.6. The first-order valence-electron chi connectivity index (χ1n) is 6.99. The largest absolute Gasteiger partial charge is 0.377 e. The minimum atomic E-state index is -0.249. The fourth-order valence-corrected chi connectivity index (χ4v) is 2.20. The molecule has 0 spiro atoms. The fraction of sp³-hybridized carbons (Fsp3) is 0.467. The Hall–Kier alpha value is -1.76. The molecule has 2 aliphatic rings. The number of hydrogen-bond acceptors (Lipinski definition) is 5. The van der Waals surface area contributed by atoms with Crippen molar-refractivity contribution in [3.05, 3.63) is 35.4 Å². The first kappa shape index (κ1) is 14.2. The molecule has 0 aliphatic carbocycles. The van der Waals surface area contributed by atoms with Gasteiger partial charge in [0.1, 0.15) is 6.10 Å². The summed E-state index contributed by atoms with van der Waals surface area (Å²) in [5, 5.41) is 0. The zero-order chi connectivity index (χ0) is 14.7. The van der Waals surface area contributed by atoms with E-state index in [1.165, 1.54) is 4.90 Å². The average molecular weight is 291 g/mol. The van der Waals surface area contributed by atoms with Crippen molar-refractivity contribution < 1.29 is 23.8 Å². The molecule has 21 heavy (non-hydrogen) atoms. The van der Waals surface area contributed by atoms with Gasteiger partial charge in [-0.1, -0.05) is 12.1 Å². The Morgan fingerprint density at radius 2 is 1.67 bits per heavy atom. The highest BCUT2D eigenvalue weighted by atomic mass is 16.6. The van der Waals surface area contributed by atoms with E-state index < -0.39 is 0 Å². The van der Waals surface area contributed by atoms with Crippen LogP contribution in [0.15, 0.2) is 24.3 Å². The molecule has 112 valence electrons. The van der Waals surface area contributed by atoms with Gasteiger partial charge in [0.2, 0.25) is 0 Å². The predicted octanol–water partition coefficient (Wildman–Crippen LogP) is 0.715. The minimum absolute atomic E-state index is 0.249. The minimum Gasteiger partial charge on any atom is -0.377 e. The van der Waals surface area contributed by atoms with Crippen LogP contribution < -0.4 is 0 Å². The molecule has 0 aromatic heterocycles. The highest BCUT2D eigenvalue weighted by molar-refractivity contribution is 6.21. The summed E-state index contributed by atoms with van der Waals surface area (Å²) in [6.07, 6.45) is 0.253. The Morgan fingerprint density at radius 1 is 1.05 bits per heavy atom. The second kappa shape index (κ2) is 6.34. The molecule has 0 saturated carbocycles. The lowest BCUT2D eigenvalue weighted by Crippen LogP contribution is -2.33. The van der Waals surface area contributed by atoms with E-state index in [9.17, 15) is 9.59 Å². The van der Waals surface area contributed by atoms with Crippen molar-refractivity contribution in [2.75, 3.05) is 39.6 Å². The first-order chi connectivity index (χ1) is 10.3. The number of carbonyl (C=O) groups excluding carboxylic acids is 2. The van der Waals surface area contributed by atoms with Crippen molar-refractivity contribution in [2.45, 2.75) is 6.10 Å². The molecule has 1 fully saturated rings. The Labute approximate surface area is 122 Å². The number of epoxide rings is 1. The summed E-state index contributed by atoms with van der Waals surface area (Å²) in [5.74, 6) is -0.498. The Balaban J connectivity index is 1.38.